The number of carboxylic acids is 1. The minimum Gasteiger partial charge on any atom is -0.481 e. The zero-order chi connectivity index (χ0) is 16.3. The molecule has 1 aromatic carbocycles. The van der Waals surface area contributed by atoms with Crippen molar-refractivity contribution in [2.75, 3.05) is 6.61 Å². The second kappa shape index (κ2) is 10.4. The molecule has 0 unspecified atom stereocenters. The third-order valence-electron chi connectivity index (χ3n) is 4.03. The van der Waals surface area contributed by atoms with Crippen molar-refractivity contribution in [1.82, 2.24) is 0 Å². The van der Waals surface area contributed by atoms with E-state index in [0.29, 0.717) is 6.61 Å². The van der Waals surface area contributed by atoms with Crippen LogP contribution in [0, 0.1) is 5.41 Å². The van der Waals surface area contributed by atoms with Gasteiger partial charge in [-0.1, -0.05) is 62.4 Å². The van der Waals surface area contributed by atoms with Crippen molar-refractivity contribution < 1.29 is 14.6 Å². The highest BCUT2D eigenvalue weighted by Gasteiger charge is 2.25. The monoisotopic (exact) mass is 306 g/mol. The Kier molecular flexibility index (Phi) is 8.83. The lowest BCUT2D eigenvalue weighted by Crippen LogP contribution is -2.23. The van der Waals surface area contributed by atoms with Gasteiger partial charge in [-0.05, 0) is 32.3 Å². The van der Waals surface area contributed by atoms with Gasteiger partial charge in [-0.15, -0.1) is 0 Å². The van der Waals surface area contributed by atoms with E-state index >= 15 is 0 Å². The van der Waals surface area contributed by atoms with E-state index in [-0.39, 0.29) is 0 Å². The van der Waals surface area contributed by atoms with Gasteiger partial charge in [0.15, 0.2) is 0 Å². The Bertz CT molecular complexity index is 412. The Hall–Kier alpha value is -1.35. The molecule has 124 valence electrons. The van der Waals surface area contributed by atoms with Crippen LogP contribution >= 0.6 is 0 Å². The van der Waals surface area contributed by atoms with E-state index in [0.717, 1.165) is 32.3 Å². The highest BCUT2D eigenvalue weighted by molar-refractivity contribution is 5.73. The summed E-state index contributed by atoms with van der Waals surface area (Å²) >= 11 is 0. The molecular weight excluding hydrogens is 276 g/mol. The Morgan fingerprint density at radius 2 is 1.59 bits per heavy atom. The molecule has 22 heavy (non-hydrogen) atoms. The molecule has 1 N–H and O–H groups in total. The van der Waals surface area contributed by atoms with E-state index in [4.69, 9.17) is 9.84 Å². The molecule has 0 fully saturated rings. The van der Waals surface area contributed by atoms with Crippen LogP contribution < -0.4 is 0 Å². The second-order valence-corrected chi connectivity index (χ2v) is 6.60. The summed E-state index contributed by atoms with van der Waals surface area (Å²) in [6, 6.07) is 10.2. The summed E-state index contributed by atoms with van der Waals surface area (Å²) in [7, 11) is 0. The Morgan fingerprint density at radius 1 is 1.00 bits per heavy atom. The molecule has 1 rings (SSSR count). The quantitative estimate of drug-likeness (QED) is 0.550. The van der Waals surface area contributed by atoms with Gasteiger partial charge in [-0.3, -0.25) is 4.79 Å². The number of rotatable bonds is 12. The van der Waals surface area contributed by atoms with Crippen LogP contribution in [0.5, 0.6) is 0 Å². The van der Waals surface area contributed by atoms with Gasteiger partial charge in [0.1, 0.15) is 0 Å². The topological polar surface area (TPSA) is 46.5 Å². The first-order valence-electron chi connectivity index (χ1n) is 8.37. The lowest BCUT2D eigenvalue weighted by Gasteiger charge is -2.18. The van der Waals surface area contributed by atoms with Crippen LogP contribution in [0.25, 0.3) is 0 Å². The van der Waals surface area contributed by atoms with Gasteiger partial charge < -0.3 is 9.84 Å². The van der Waals surface area contributed by atoms with Crippen molar-refractivity contribution in [3.8, 4) is 0 Å². The van der Waals surface area contributed by atoms with E-state index in [1.165, 1.54) is 24.8 Å². The fourth-order valence-corrected chi connectivity index (χ4v) is 2.35. The maximum absolute atomic E-state index is 11.0. The molecule has 0 aliphatic heterocycles. The zero-order valence-corrected chi connectivity index (χ0v) is 14.0. The van der Waals surface area contributed by atoms with Crippen molar-refractivity contribution in [2.45, 2.75) is 65.4 Å². The van der Waals surface area contributed by atoms with Gasteiger partial charge in [0.2, 0.25) is 0 Å². The van der Waals surface area contributed by atoms with Crippen molar-refractivity contribution in [2.24, 2.45) is 5.41 Å². The van der Waals surface area contributed by atoms with Crippen LogP contribution in [0.15, 0.2) is 30.3 Å². The van der Waals surface area contributed by atoms with Crippen LogP contribution in [0.3, 0.4) is 0 Å². The number of ether oxygens (including phenoxy) is 1. The molecule has 0 amide bonds. The number of carbonyl (C=O) groups is 1. The molecule has 0 bridgehead atoms. The van der Waals surface area contributed by atoms with Gasteiger partial charge in [0.25, 0.3) is 0 Å². The fraction of sp³-hybridized carbons (Fsp3) is 0.632. The first-order chi connectivity index (χ1) is 10.5. The predicted octanol–water partition coefficient (Wildman–Crippen LogP) is 5.04. The first kappa shape index (κ1) is 18.7. The van der Waals surface area contributed by atoms with Gasteiger partial charge in [-0.2, -0.15) is 0 Å². The summed E-state index contributed by atoms with van der Waals surface area (Å²) in [5.74, 6) is -0.692. The van der Waals surface area contributed by atoms with E-state index in [1.54, 1.807) is 13.8 Å². The summed E-state index contributed by atoms with van der Waals surface area (Å²) < 4.78 is 5.65. The molecule has 0 aromatic heterocycles. The average Bonchev–Trinajstić information content (AvgIpc) is 2.50. The molecule has 3 heteroatoms. The van der Waals surface area contributed by atoms with E-state index in [2.05, 4.69) is 12.1 Å². The van der Waals surface area contributed by atoms with Crippen LogP contribution in [0.4, 0.5) is 0 Å². The normalized spacial score (nSPS) is 11.5. The summed E-state index contributed by atoms with van der Waals surface area (Å²) in [6.45, 7) is 5.13. The summed E-state index contributed by atoms with van der Waals surface area (Å²) in [5.41, 5.74) is 0.647. The van der Waals surface area contributed by atoms with Crippen molar-refractivity contribution in [1.29, 1.82) is 0 Å². The van der Waals surface area contributed by atoms with Crippen LogP contribution in [-0.4, -0.2) is 17.7 Å². The molecule has 0 spiro atoms. The third kappa shape index (κ3) is 8.18. The van der Waals surface area contributed by atoms with Gasteiger partial charge in [0, 0.05) is 6.61 Å². The van der Waals surface area contributed by atoms with Gasteiger partial charge in [0.05, 0.1) is 12.0 Å². The number of hydrogen-bond donors (Lipinski definition) is 1. The van der Waals surface area contributed by atoms with E-state index < -0.39 is 11.4 Å². The molecule has 0 saturated heterocycles. The molecule has 1 aromatic rings. The summed E-state index contributed by atoms with van der Waals surface area (Å²) in [5, 5.41) is 9.03. The fourth-order valence-electron chi connectivity index (χ4n) is 2.35. The molecule has 0 radical (unpaired) electrons. The Balaban J connectivity index is 1.89. The third-order valence-corrected chi connectivity index (χ3v) is 4.03. The Morgan fingerprint density at radius 3 is 2.23 bits per heavy atom. The maximum atomic E-state index is 11.0. The lowest BCUT2D eigenvalue weighted by atomic mass is 9.87. The summed E-state index contributed by atoms with van der Waals surface area (Å²) in [6.07, 6.45) is 7.59. The zero-order valence-electron chi connectivity index (χ0n) is 14.0. The van der Waals surface area contributed by atoms with Crippen molar-refractivity contribution >= 4 is 5.97 Å². The molecule has 0 heterocycles. The SMILES string of the molecule is CC(C)(CCCCCCCCOCc1ccccc1)C(=O)O. The molecule has 3 nitrogen and oxygen atoms in total. The lowest BCUT2D eigenvalue weighted by molar-refractivity contribution is -0.147. The predicted molar refractivity (Wildman–Crippen MR) is 89.8 cm³/mol. The first-order valence-corrected chi connectivity index (χ1v) is 8.37. The molecule has 0 saturated carbocycles. The van der Waals surface area contributed by atoms with Gasteiger partial charge >= 0.3 is 5.97 Å². The number of hydrogen-bond acceptors (Lipinski definition) is 2. The minimum absolute atomic E-state index is 0.578. The highest BCUT2D eigenvalue weighted by atomic mass is 16.5. The molecule has 0 aliphatic rings. The highest BCUT2D eigenvalue weighted by Crippen LogP contribution is 2.24. The number of carboxylic acid groups (broad SMARTS) is 1. The number of unbranched alkanes of at least 4 members (excludes halogenated alkanes) is 5. The van der Waals surface area contributed by atoms with Crippen molar-refractivity contribution in [3.63, 3.8) is 0 Å². The largest absolute Gasteiger partial charge is 0.481 e. The average molecular weight is 306 g/mol. The minimum atomic E-state index is -0.692. The molecular formula is C19H30O3. The van der Waals surface area contributed by atoms with Crippen LogP contribution in [-0.2, 0) is 16.1 Å². The van der Waals surface area contributed by atoms with E-state index in [9.17, 15) is 4.79 Å². The maximum Gasteiger partial charge on any atom is 0.309 e. The number of benzene rings is 1. The van der Waals surface area contributed by atoms with Crippen LogP contribution in [0.1, 0.15) is 64.4 Å². The smallest absolute Gasteiger partial charge is 0.309 e. The second-order valence-electron chi connectivity index (χ2n) is 6.60. The molecule has 0 aliphatic carbocycles. The molecule has 0 atom stereocenters. The van der Waals surface area contributed by atoms with Crippen LogP contribution in [0.2, 0.25) is 0 Å². The standard InChI is InChI=1S/C19H30O3/c1-19(2,18(20)21)14-10-5-3-4-6-11-15-22-16-17-12-8-7-9-13-17/h7-9,12-13H,3-6,10-11,14-16H2,1-2H3,(H,20,21). The van der Waals surface area contributed by atoms with Gasteiger partial charge in [-0.25, -0.2) is 0 Å². The summed E-state index contributed by atoms with van der Waals surface area (Å²) in [4.78, 5) is 11.0. The number of aliphatic carboxylic acids is 1. The van der Waals surface area contributed by atoms with E-state index in [1.807, 2.05) is 18.2 Å². The van der Waals surface area contributed by atoms with Crippen molar-refractivity contribution in [3.05, 3.63) is 35.9 Å². The Labute approximate surface area is 134 Å².